The monoisotopic (exact) mass is 389 g/mol. The maximum absolute atomic E-state index is 12.2. The summed E-state index contributed by atoms with van der Waals surface area (Å²) in [4.78, 5) is 19.6. The number of carbonyl (C=O) groups excluding carboxylic acids is 1. The molecule has 0 aliphatic carbocycles. The number of nitrogens with one attached hydrogen (secondary N) is 1. The van der Waals surface area contributed by atoms with Gasteiger partial charge in [0, 0.05) is 62.0 Å². The maximum Gasteiger partial charge on any atom is 0.253 e. The number of aromatic nitrogens is 1. The summed E-state index contributed by atoms with van der Waals surface area (Å²) >= 11 is 0. The number of carbonyl (C=O) groups is 1. The number of aromatic amines is 1. The minimum atomic E-state index is 0.0439. The second kappa shape index (κ2) is 8.13. The summed E-state index contributed by atoms with van der Waals surface area (Å²) in [5.74, 6) is 0.922. The van der Waals surface area contributed by atoms with Gasteiger partial charge in [-0.1, -0.05) is 18.2 Å². The number of hydrogen-bond donors (Lipinski definition) is 1. The van der Waals surface area contributed by atoms with Crippen molar-refractivity contribution >= 4 is 22.4 Å². The quantitative estimate of drug-likeness (QED) is 0.713. The topological polar surface area (TPSA) is 48.6 Å². The molecule has 0 saturated carbocycles. The highest BCUT2D eigenvalue weighted by Gasteiger charge is 2.17. The fraction of sp³-hybridized carbons (Fsp3) is 0.292. The average molecular weight is 389 g/mol. The van der Waals surface area contributed by atoms with Crippen molar-refractivity contribution in [3.8, 4) is 5.75 Å². The third-order valence-electron chi connectivity index (χ3n) is 5.51. The zero-order chi connectivity index (χ0) is 20.4. The number of rotatable bonds is 5. The van der Waals surface area contributed by atoms with Crippen LogP contribution in [0.1, 0.15) is 27.9 Å². The van der Waals surface area contributed by atoms with Crippen molar-refractivity contribution in [2.45, 2.75) is 13.0 Å². The minimum Gasteiger partial charge on any atom is -0.497 e. The lowest BCUT2D eigenvalue weighted by Crippen LogP contribution is -2.28. The average Bonchev–Trinajstić information content (AvgIpc) is 3.17. The Balaban J connectivity index is 1.48. The second-order valence-electron chi connectivity index (χ2n) is 7.73. The summed E-state index contributed by atoms with van der Waals surface area (Å²) in [7, 11) is 5.27. The number of amides is 1. The Morgan fingerprint density at radius 1 is 1.21 bits per heavy atom. The van der Waals surface area contributed by atoms with Crippen LogP contribution in [-0.2, 0) is 6.54 Å². The van der Waals surface area contributed by atoms with Gasteiger partial charge in [-0.05, 0) is 47.9 Å². The highest BCUT2D eigenvalue weighted by Crippen LogP contribution is 2.31. The van der Waals surface area contributed by atoms with E-state index >= 15 is 0 Å². The van der Waals surface area contributed by atoms with E-state index in [0.29, 0.717) is 0 Å². The van der Waals surface area contributed by atoms with E-state index in [1.165, 1.54) is 22.1 Å². The van der Waals surface area contributed by atoms with Gasteiger partial charge in [-0.25, -0.2) is 0 Å². The predicted octanol–water partition coefficient (Wildman–Crippen LogP) is 4.17. The standard InChI is InChI=1S/C24H27N3O2/c1-26(2)24(28)19-6-4-5-17(13-19)16-27-11-9-18(10-12-27)22-15-25-23-8-7-20(29-3)14-21(22)23/h4-9,13-15,25H,10-12,16H2,1-3H3. The van der Waals surface area contributed by atoms with Gasteiger partial charge in [0.2, 0.25) is 0 Å². The molecule has 1 amide bonds. The van der Waals surface area contributed by atoms with Gasteiger partial charge in [0.1, 0.15) is 5.75 Å². The van der Waals surface area contributed by atoms with Crippen LogP contribution in [0.3, 0.4) is 0 Å². The number of ether oxygens (including phenoxy) is 1. The number of nitrogens with zero attached hydrogens (tertiary/aromatic N) is 2. The van der Waals surface area contributed by atoms with E-state index in [1.807, 2.05) is 24.3 Å². The molecule has 1 aliphatic rings. The van der Waals surface area contributed by atoms with Gasteiger partial charge in [-0.15, -0.1) is 0 Å². The fourth-order valence-corrected chi connectivity index (χ4v) is 3.91. The molecule has 0 spiro atoms. The summed E-state index contributed by atoms with van der Waals surface area (Å²) in [5.41, 5.74) is 5.68. The first-order valence-corrected chi connectivity index (χ1v) is 9.92. The Bertz CT molecular complexity index is 1060. The molecular formula is C24H27N3O2. The third-order valence-corrected chi connectivity index (χ3v) is 5.51. The molecule has 0 saturated heterocycles. The Morgan fingerprint density at radius 3 is 2.79 bits per heavy atom. The molecule has 2 aromatic carbocycles. The van der Waals surface area contributed by atoms with Crippen LogP contribution in [0.25, 0.3) is 16.5 Å². The van der Waals surface area contributed by atoms with E-state index in [9.17, 15) is 4.79 Å². The maximum atomic E-state index is 12.2. The number of hydrogen-bond acceptors (Lipinski definition) is 3. The fourth-order valence-electron chi connectivity index (χ4n) is 3.91. The molecule has 5 heteroatoms. The lowest BCUT2D eigenvalue weighted by Gasteiger charge is -2.26. The Labute approximate surface area is 171 Å². The predicted molar refractivity (Wildman–Crippen MR) is 117 cm³/mol. The smallest absolute Gasteiger partial charge is 0.253 e. The van der Waals surface area contributed by atoms with Crippen LogP contribution in [0, 0.1) is 0 Å². The first-order valence-electron chi connectivity index (χ1n) is 9.92. The SMILES string of the molecule is COc1ccc2[nH]cc(C3=CCN(Cc4cccc(C(=O)N(C)C)c4)CC3)c2c1. The number of H-pyrrole nitrogens is 1. The van der Waals surface area contributed by atoms with Gasteiger partial charge in [0.15, 0.2) is 0 Å². The van der Waals surface area contributed by atoms with E-state index < -0.39 is 0 Å². The molecule has 0 unspecified atom stereocenters. The van der Waals surface area contributed by atoms with Crippen molar-refractivity contribution in [2.24, 2.45) is 0 Å². The van der Waals surface area contributed by atoms with E-state index in [2.05, 4.69) is 40.4 Å². The lowest BCUT2D eigenvalue weighted by molar-refractivity contribution is 0.0827. The van der Waals surface area contributed by atoms with Crippen molar-refractivity contribution in [2.75, 3.05) is 34.3 Å². The Kier molecular flexibility index (Phi) is 5.41. The van der Waals surface area contributed by atoms with Gasteiger partial charge < -0.3 is 14.6 Å². The highest BCUT2D eigenvalue weighted by atomic mass is 16.5. The zero-order valence-corrected chi connectivity index (χ0v) is 17.2. The molecule has 150 valence electrons. The van der Waals surface area contributed by atoms with Gasteiger partial charge in [0.25, 0.3) is 5.91 Å². The summed E-state index contributed by atoms with van der Waals surface area (Å²) < 4.78 is 5.39. The zero-order valence-electron chi connectivity index (χ0n) is 17.2. The Hall–Kier alpha value is -3.05. The molecule has 0 radical (unpaired) electrons. The molecule has 3 aromatic rings. The third kappa shape index (κ3) is 4.05. The largest absolute Gasteiger partial charge is 0.497 e. The van der Waals surface area contributed by atoms with Crippen LogP contribution < -0.4 is 4.74 Å². The summed E-state index contributed by atoms with van der Waals surface area (Å²) in [5, 5.41) is 1.21. The van der Waals surface area contributed by atoms with Crippen LogP contribution in [0.4, 0.5) is 0 Å². The van der Waals surface area contributed by atoms with Crippen LogP contribution >= 0.6 is 0 Å². The normalized spacial score (nSPS) is 14.7. The molecule has 5 nitrogen and oxygen atoms in total. The first-order chi connectivity index (χ1) is 14.0. The van der Waals surface area contributed by atoms with Gasteiger partial charge in [0.05, 0.1) is 7.11 Å². The highest BCUT2D eigenvalue weighted by molar-refractivity contribution is 5.94. The number of benzene rings is 2. The molecule has 2 heterocycles. The van der Waals surface area contributed by atoms with Gasteiger partial charge >= 0.3 is 0 Å². The van der Waals surface area contributed by atoms with Crippen LogP contribution in [-0.4, -0.2) is 55.0 Å². The summed E-state index contributed by atoms with van der Waals surface area (Å²) in [6.45, 7) is 2.74. The molecule has 1 N–H and O–H groups in total. The van der Waals surface area contributed by atoms with Crippen molar-refractivity contribution in [1.29, 1.82) is 0 Å². The second-order valence-corrected chi connectivity index (χ2v) is 7.73. The Morgan fingerprint density at radius 2 is 2.07 bits per heavy atom. The first kappa shape index (κ1) is 19.3. The van der Waals surface area contributed by atoms with Gasteiger partial charge in [-0.3, -0.25) is 9.69 Å². The summed E-state index contributed by atoms with van der Waals surface area (Å²) in [6, 6.07) is 14.1. The van der Waals surface area contributed by atoms with Crippen molar-refractivity contribution in [3.05, 3.63) is 71.4 Å². The molecule has 4 rings (SSSR count). The lowest BCUT2D eigenvalue weighted by atomic mass is 9.98. The minimum absolute atomic E-state index is 0.0439. The molecule has 1 aromatic heterocycles. The van der Waals surface area contributed by atoms with Crippen molar-refractivity contribution in [3.63, 3.8) is 0 Å². The van der Waals surface area contributed by atoms with Crippen LogP contribution in [0.2, 0.25) is 0 Å². The van der Waals surface area contributed by atoms with Crippen molar-refractivity contribution in [1.82, 2.24) is 14.8 Å². The molecule has 29 heavy (non-hydrogen) atoms. The van der Waals surface area contributed by atoms with Crippen LogP contribution in [0.15, 0.2) is 54.7 Å². The number of methoxy groups -OCH3 is 1. The number of fused-ring (bicyclic) bond motifs is 1. The van der Waals surface area contributed by atoms with E-state index in [-0.39, 0.29) is 5.91 Å². The van der Waals surface area contributed by atoms with Gasteiger partial charge in [-0.2, -0.15) is 0 Å². The van der Waals surface area contributed by atoms with E-state index in [4.69, 9.17) is 4.74 Å². The van der Waals surface area contributed by atoms with E-state index in [1.54, 1.807) is 26.1 Å². The molecule has 0 fully saturated rings. The molecule has 0 bridgehead atoms. The molecular weight excluding hydrogens is 362 g/mol. The van der Waals surface area contributed by atoms with E-state index in [0.717, 1.165) is 42.9 Å². The van der Waals surface area contributed by atoms with Crippen molar-refractivity contribution < 1.29 is 9.53 Å². The van der Waals surface area contributed by atoms with Crippen LogP contribution in [0.5, 0.6) is 5.75 Å². The summed E-state index contributed by atoms with van der Waals surface area (Å²) in [6.07, 6.45) is 5.42. The molecule has 1 aliphatic heterocycles. The molecule has 0 atom stereocenters.